The number of hydrogen-bond donors (Lipinski definition) is 1. The third-order valence-corrected chi connectivity index (χ3v) is 8.18. The lowest BCUT2D eigenvalue weighted by Crippen LogP contribution is -2.48. The van der Waals surface area contributed by atoms with Gasteiger partial charge in [-0.15, -0.1) is 0 Å². The third-order valence-electron chi connectivity index (χ3n) is 7.73. The fourth-order valence-electron chi connectivity index (χ4n) is 5.53. The first kappa shape index (κ1) is 27.4. The van der Waals surface area contributed by atoms with E-state index >= 15 is 0 Å². The molecule has 2 N–H and O–H groups in total. The van der Waals surface area contributed by atoms with Crippen LogP contribution in [0.15, 0.2) is 109 Å². The summed E-state index contributed by atoms with van der Waals surface area (Å²) in [5.74, 6) is -0.524. The molecule has 2 heterocycles. The van der Waals surface area contributed by atoms with Crippen LogP contribution in [0.3, 0.4) is 0 Å². The molecule has 7 nitrogen and oxygen atoms in total. The molecule has 0 bridgehead atoms. The second-order valence-electron chi connectivity index (χ2n) is 10.3. The Kier molecular flexibility index (Phi) is 7.61. The molecule has 1 aliphatic heterocycles. The predicted octanol–water partition coefficient (Wildman–Crippen LogP) is 6.34. The van der Waals surface area contributed by atoms with Crippen LogP contribution >= 0.6 is 11.6 Å². The van der Waals surface area contributed by atoms with Gasteiger partial charge in [-0.3, -0.25) is 14.5 Å². The first-order valence-electron chi connectivity index (χ1n) is 13.8. The lowest BCUT2D eigenvalue weighted by atomic mass is 9.93. The van der Waals surface area contributed by atoms with Gasteiger partial charge in [0.15, 0.2) is 5.69 Å². The van der Waals surface area contributed by atoms with Gasteiger partial charge in [-0.05, 0) is 60.9 Å². The largest absolute Gasteiger partial charge is 0.330 e. The first-order chi connectivity index (χ1) is 20.5. The molecule has 0 unspecified atom stereocenters. The Balaban J connectivity index is 1.40. The van der Waals surface area contributed by atoms with Crippen LogP contribution in [0.5, 0.6) is 0 Å². The Labute approximate surface area is 249 Å². The van der Waals surface area contributed by atoms with Crippen LogP contribution in [0.2, 0.25) is 5.02 Å². The number of nitrogens with zero attached hydrogens (tertiary/aromatic N) is 4. The summed E-state index contributed by atoms with van der Waals surface area (Å²) < 4.78 is 1.59. The van der Waals surface area contributed by atoms with Crippen molar-refractivity contribution < 1.29 is 9.59 Å². The quantitative estimate of drug-likeness (QED) is 0.256. The highest BCUT2D eigenvalue weighted by atomic mass is 35.5. The van der Waals surface area contributed by atoms with Gasteiger partial charge in [0.25, 0.3) is 11.8 Å². The maximum absolute atomic E-state index is 14.1. The second-order valence-corrected chi connectivity index (χ2v) is 10.7. The molecule has 4 aromatic carbocycles. The van der Waals surface area contributed by atoms with E-state index in [1.807, 2.05) is 95.9 Å². The normalized spacial score (nSPS) is 14.4. The SMILES string of the molecule is Cc1c(Cl)c(C(=O)N(c2ccccc2)c2ccccc2)nn1-c1ccccc1C(=O)N1Cc2ccccc2C[C@H]1CN. The molecule has 1 aromatic heterocycles. The van der Waals surface area contributed by atoms with E-state index in [0.29, 0.717) is 47.8 Å². The molecular weight excluding hydrogens is 546 g/mol. The average molecular weight is 576 g/mol. The molecule has 42 heavy (non-hydrogen) atoms. The second kappa shape index (κ2) is 11.6. The van der Waals surface area contributed by atoms with Crippen molar-refractivity contribution in [1.29, 1.82) is 0 Å². The predicted molar refractivity (Wildman–Crippen MR) is 166 cm³/mol. The minimum atomic E-state index is -0.376. The van der Waals surface area contributed by atoms with Gasteiger partial charge in [0.1, 0.15) is 0 Å². The van der Waals surface area contributed by atoms with Crippen molar-refractivity contribution in [1.82, 2.24) is 14.7 Å². The van der Waals surface area contributed by atoms with Gasteiger partial charge < -0.3 is 10.6 Å². The van der Waals surface area contributed by atoms with Crippen LogP contribution in [0.25, 0.3) is 5.69 Å². The van der Waals surface area contributed by atoms with Gasteiger partial charge in [-0.25, -0.2) is 4.68 Å². The molecule has 0 fully saturated rings. The van der Waals surface area contributed by atoms with Crippen LogP contribution in [-0.4, -0.2) is 39.1 Å². The van der Waals surface area contributed by atoms with E-state index in [1.165, 1.54) is 5.56 Å². The monoisotopic (exact) mass is 575 g/mol. The number of carbonyl (C=O) groups is 2. The van der Waals surface area contributed by atoms with E-state index < -0.39 is 0 Å². The van der Waals surface area contributed by atoms with Crippen molar-refractivity contribution in [3.8, 4) is 5.69 Å². The lowest BCUT2D eigenvalue weighted by molar-refractivity contribution is 0.0647. The summed E-state index contributed by atoms with van der Waals surface area (Å²) >= 11 is 6.82. The van der Waals surface area contributed by atoms with Crippen LogP contribution in [0.1, 0.15) is 37.7 Å². The Hall–Kier alpha value is -4.72. The number of nitrogens with two attached hydrogens (primary N) is 1. The van der Waals surface area contributed by atoms with Gasteiger partial charge in [-0.2, -0.15) is 5.10 Å². The van der Waals surface area contributed by atoms with Crippen LogP contribution < -0.4 is 10.6 Å². The molecule has 0 saturated carbocycles. The molecule has 1 aliphatic rings. The van der Waals surface area contributed by atoms with Gasteiger partial charge >= 0.3 is 0 Å². The number of fused-ring (bicyclic) bond motifs is 1. The zero-order valence-electron chi connectivity index (χ0n) is 23.2. The third kappa shape index (κ3) is 4.98. The zero-order chi connectivity index (χ0) is 29.2. The van der Waals surface area contributed by atoms with Crippen LogP contribution in [0.4, 0.5) is 11.4 Å². The first-order valence-corrected chi connectivity index (χ1v) is 14.2. The van der Waals surface area contributed by atoms with Crippen molar-refractivity contribution >= 4 is 34.8 Å². The molecule has 8 heteroatoms. The minimum absolute atomic E-state index is 0.0934. The van der Waals surface area contributed by atoms with Crippen molar-refractivity contribution in [3.05, 3.63) is 142 Å². The van der Waals surface area contributed by atoms with E-state index in [9.17, 15) is 9.59 Å². The number of halogens is 1. The fraction of sp³-hybridized carbons (Fsp3) is 0.147. The Morgan fingerprint density at radius 1 is 0.857 bits per heavy atom. The van der Waals surface area contributed by atoms with Gasteiger partial charge in [0, 0.05) is 30.5 Å². The molecule has 1 atom stereocenters. The fourth-order valence-corrected chi connectivity index (χ4v) is 5.73. The average Bonchev–Trinajstić information content (AvgIpc) is 3.34. The molecule has 0 spiro atoms. The van der Waals surface area contributed by atoms with E-state index in [2.05, 4.69) is 12.1 Å². The Morgan fingerprint density at radius 3 is 2.07 bits per heavy atom. The minimum Gasteiger partial charge on any atom is -0.330 e. The number of carbonyl (C=O) groups excluding carboxylic acids is 2. The number of aromatic nitrogens is 2. The molecule has 0 aliphatic carbocycles. The van der Waals surface area contributed by atoms with Gasteiger partial charge in [0.05, 0.1) is 22.0 Å². The van der Waals surface area contributed by atoms with E-state index in [0.717, 1.165) is 5.56 Å². The van der Waals surface area contributed by atoms with Crippen LogP contribution in [0, 0.1) is 6.92 Å². The summed E-state index contributed by atoms with van der Waals surface area (Å²) in [6, 6.07) is 34.0. The number of benzene rings is 4. The summed E-state index contributed by atoms with van der Waals surface area (Å²) in [5, 5.41) is 4.94. The topological polar surface area (TPSA) is 84.5 Å². The standard InChI is InChI=1S/C34H30ClN5O2/c1-23-31(35)32(34(42)39(26-14-4-2-5-15-26)27-16-6-3-7-17-27)37-40(23)30-19-11-10-18-29(30)33(41)38-22-25-13-9-8-12-24(25)20-28(38)21-36/h2-19,28H,20-22,36H2,1H3/t28-/m0/s1. The van der Waals surface area contributed by atoms with E-state index in [4.69, 9.17) is 22.4 Å². The van der Waals surface area contributed by atoms with Crippen molar-refractivity contribution in [2.75, 3.05) is 11.4 Å². The molecule has 6 rings (SSSR count). The highest BCUT2D eigenvalue weighted by molar-refractivity contribution is 6.35. The van der Waals surface area contributed by atoms with Gasteiger partial charge in [-0.1, -0.05) is 84.4 Å². The number of anilines is 2. The maximum Gasteiger partial charge on any atom is 0.284 e. The summed E-state index contributed by atoms with van der Waals surface area (Å²) in [4.78, 5) is 31.6. The number of para-hydroxylation sites is 3. The van der Waals surface area contributed by atoms with Crippen molar-refractivity contribution in [2.24, 2.45) is 5.73 Å². The van der Waals surface area contributed by atoms with E-state index in [1.54, 1.807) is 22.6 Å². The lowest BCUT2D eigenvalue weighted by Gasteiger charge is -2.36. The summed E-state index contributed by atoms with van der Waals surface area (Å²) in [5.41, 5.74) is 11.5. The van der Waals surface area contributed by atoms with Crippen molar-refractivity contribution in [2.45, 2.75) is 25.9 Å². The Bertz CT molecular complexity index is 1710. The van der Waals surface area contributed by atoms with E-state index in [-0.39, 0.29) is 28.6 Å². The van der Waals surface area contributed by atoms with Crippen molar-refractivity contribution in [3.63, 3.8) is 0 Å². The zero-order valence-corrected chi connectivity index (χ0v) is 23.9. The summed E-state index contributed by atoms with van der Waals surface area (Å²) in [6.45, 7) is 2.61. The molecule has 2 amide bonds. The summed E-state index contributed by atoms with van der Waals surface area (Å²) in [7, 11) is 0. The molecular formula is C34H30ClN5O2. The highest BCUT2D eigenvalue weighted by Crippen LogP contribution is 2.32. The van der Waals surface area contributed by atoms with Crippen LogP contribution in [-0.2, 0) is 13.0 Å². The summed E-state index contributed by atoms with van der Waals surface area (Å²) in [6.07, 6.45) is 0.695. The number of rotatable bonds is 6. The number of hydrogen-bond acceptors (Lipinski definition) is 4. The maximum atomic E-state index is 14.1. The molecule has 0 saturated heterocycles. The van der Waals surface area contributed by atoms with Gasteiger partial charge in [0.2, 0.25) is 0 Å². The molecule has 210 valence electrons. The smallest absolute Gasteiger partial charge is 0.284 e. The number of amides is 2. The highest BCUT2D eigenvalue weighted by Gasteiger charge is 2.32. The molecule has 0 radical (unpaired) electrons. The Morgan fingerprint density at radius 2 is 1.43 bits per heavy atom. The molecule has 5 aromatic rings.